The fourth-order valence-corrected chi connectivity index (χ4v) is 10.7. The second kappa shape index (κ2) is 10.2. The van der Waals surface area contributed by atoms with Crippen molar-refractivity contribution in [1.29, 1.82) is 0 Å². The molecule has 5 atom stereocenters. The van der Waals surface area contributed by atoms with Gasteiger partial charge in [0.25, 0.3) is 8.32 Å². The molecule has 2 fully saturated rings. The van der Waals surface area contributed by atoms with Crippen molar-refractivity contribution in [2.75, 3.05) is 6.61 Å². The standard InChI is InChI=1S/C31H44O4Si/c1-23(2)26-18-20-31(7,34-26)28-19-21-30(6,35-28)27(32)22-33-36(29(3,4)5,24-14-10-8-11-15-24)25-16-12-9-13-17-25/h8-17,26-28,32H,1,18-22H2,2-7H3/t26-,27-,28+,30+,31-/m0/s1. The molecule has 0 bridgehead atoms. The molecule has 2 aliphatic heterocycles. The van der Waals surface area contributed by atoms with Crippen LogP contribution in [0.4, 0.5) is 0 Å². The summed E-state index contributed by atoms with van der Waals surface area (Å²) < 4.78 is 20.0. The van der Waals surface area contributed by atoms with Crippen molar-refractivity contribution < 1.29 is 19.0 Å². The van der Waals surface area contributed by atoms with Crippen LogP contribution < -0.4 is 10.4 Å². The van der Waals surface area contributed by atoms with Crippen molar-refractivity contribution in [3.05, 3.63) is 72.8 Å². The van der Waals surface area contributed by atoms with Gasteiger partial charge < -0.3 is 19.0 Å². The minimum absolute atomic E-state index is 0.0469. The van der Waals surface area contributed by atoms with E-state index in [4.69, 9.17) is 13.9 Å². The fourth-order valence-electron chi connectivity index (χ4n) is 6.12. The average molecular weight is 509 g/mol. The zero-order chi connectivity index (χ0) is 26.2. The Labute approximate surface area is 218 Å². The number of aliphatic hydroxyl groups excluding tert-OH is 1. The third-order valence-electron chi connectivity index (χ3n) is 8.44. The number of hydrogen-bond donors (Lipinski definition) is 1. The van der Waals surface area contributed by atoms with Crippen LogP contribution in [0.15, 0.2) is 72.8 Å². The molecule has 2 saturated heterocycles. The van der Waals surface area contributed by atoms with Crippen LogP contribution >= 0.6 is 0 Å². The highest BCUT2D eigenvalue weighted by atomic mass is 28.4. The lowest BCUT2D eigenvalue weighted by molar-refractivity contribution is -0.172. The highest BCUT2D eigenvalue weighted by Gasteiger charge is 2.54. The van der Waals surface area contributed by atoms with E-state index >= 15 is 0 Å². The van der Waals surface area contributed by atoms with Gasteiger partial charge in [0, 0.05) is 0 Å². The maximum absolute atomic E-state index is 11.5. The third kappa shape index (κ3) is 5.01. The van der Waals surface area contributed by atoms with Crippen LogP contribution in [0.1, 0.15) is 67.2 Å². The lowest BCUT2D eigenvalue weighted by Crippen LogP contribution is -2.67. The summed E-state index contributed by atoms with van der Waals surface area (Å²) in [5, 5.41) is 13.8. The normalized spacial score (nSPS) is 29.9. The molecule has 2 aromatic rings. The van der Waals surface area contributed by atoms with Gasteiger partial charge >= 0.3 is 0 Å². The predicted molar refractivity (Wildman–Crippen MR) is 149 cm³/mol. The van der Waals surface area contributed by atoms with E-state index in [0.29, 0.717) is 0 Å². The summed E-state index contributed by atoms with van der Waals surface area (Å²) in [6.07, 6.45) is 2.86. The Morgan fingerprint density at radius 2 is 1.56 bits per heavy atom. The summed E-state index contributed by atoms with van der Waals surface area (Å²) in [4.78, 5) is 0. The summed E-state index contributed by atoms with van der Waals surface area (Å²) in [7, 11) is -2.73. The number of ether oxygens (including phenoxy) is 2. The second-order valence-corrected chi connectivity index (χ2v) is 16.6. The summed E-state index contributed by atoms with van der Waals surface area (Å²) >= 11 is 0. The molecule has 1 N–H and O–H groups in total. The van der Waals surface area contributed by atoms with E-state index in [1.807, 2.05) is 26.0 Å². The van der Waals surface area contributed by atoms with Gasteiger partial charge in [-0.1, -0.05) is 93.6 Å². The number of hydrogen-bond acceptors (Lipinski definition) is 4. The average Bonchev–Trinajstić information content (AvgIpc) is 3.45. The lowest BCUT2D eigenvalue weighted by Gasteiger charge is -2.44. The fraction of sp³-hybridized carbons (Fsp3) is 0.548. The monoisotopic (exact) mass is 508 g/mol. The van der Waals surface area contributed by atoms with Crippen LogP contribution in [0.5, 0.6) is 0 Å². The summed E-state index contributed by atoms with van der Waals surface area (Å²) in [5.74, 6) is 0. The van der Waals surface area contributed by atoms with Crippen molar-refractivity contribution in [3.8, 4) is 0 Å². The molecule has 0 aromatic heterocycles. The van der Waals surface area contributed by atoms with Gasteiger partial charge in [0.1, 0.15) is 6.10 Å². The Morgan fingerprint density at radius 3 is 2.03 bits per heavy atom. The van der Waals surface area contributed by atoms with Crippen molar-refractivity contribution in [3.63, 3.8) is 0 Å². The molecule has 4 nitrogen and oxygen atoms in total. The molecule has 0 aliphatic carbocycles. The van der Waals surface area contributed by atoms with Gasteiger partial charge in [-0.3, -0.25) is 0 Å². The molecule has 5 heteroatoms. The van der Waals surface area contributed by atoms with E-state index in [0.717, 1.165) is 31.3 Å². The second-order valence-electron chi connectivity index (χ2n) is 12.3. The third-order valence-corrected chi connectivity index (χ3v) is 13.4. The molecule has 0 amide bonds. The van der Waals surface area contributed by atoms with E-state index in [-0.39, 0.29) is 29.5 Å². The minimum atomic E-state index is -2.73. The summed E-state index contributed by atoms with van der Waals surface area (Å²) in [6, 6.07) is 21.1. The molecule has 2 aromatic carbocycles. The van der Waals surface area contributed by atoms with Gasteiger partial charge in [-0.25, -0.2) is 0 Å². The Balaban J connectivity index is 1.56. The Morgan fingerprint density at radius 1 is 1.00 bits per heavy atom. The van der Waals surface area contributed by atoms with Crippen LogP contribution in [-0.4, -0.2) is 49.5 Å². The molecule has 0 spiro atoms. The van der Waals surface area contributed by atoms with Crippen molar-refractivity contribution in [1.82, 2.24) is 0 Å². The van der Waals surface area contributed by atoms with Gasteiger partial charge in [0.2, 0.25) is 0 Å². The highest BCUT2D eigenvalue weighted by Crippen LogP contribution is 2.45. The Hall–Kier alpha value is -1.76. The Kier molecular flexibility index (Phi) is 7.72. The highest BCUT2D eigenvalue weighted by molar-refractivity contribution is 6.99. The van der Waals surface area contributed by atoms with Gasteiger partial charge in [0.15, 0.2) is 0 Å². The molecule has 0 unspecified atom stereocenters. The maximum Gasteiger partial charge on any atom is 0.261 e. The number of benzene rings is 2. The molecular formula is C31H44O4Si. The first-order valence-corrected chi connectivity index (χ1v) is 15.3. The van der Waals surface area contributed by atoms with Crippen molar-refractivity contribution in [2.24, 2.45) is 0 Å². The number of rotatable bonds is 8. The maximum atomic E-state index is 11.5. The molecule has 36 heavy (non-hydrogen) atoms. The van der Waals surface area contributed by atoms with Gasteiger partial charge in [0.05, 0.1) is 30.0 Å². The molecule has 2 heterocycles. The van der Waals surface area contributed by atoms with E-state index in [2.05, 4.69) is 82.8 Å². The minimum Gasteiger partial charge on any atom is -0.405 e. The van der Waals surface area contributed by atoms with Crippen molar-refractivity contribution >= 4 is 18.7 Å². The Bertz CT molecular complexity index is 994. The zero-order valence-corrected chi connectivity index (χ0v) is 23.9. The first-order valence-electron chi connectivity index (χ1n) is 13.4. The quantitative estimate of drug-likeness (QED) is 0.384. The van der Waals surface area contributed by atoms with Gasteiger partial charge in [-0.05, 0) is 61.9 Å². The van der Waals surface area contributed by atoms with Gasteiger partial charge in [-0.15, -0.1) is 0 Å². The predicted octanol–water partition coefficient (Wildman–Crippen LogP) is 5.38. The number of aliphatic hydroxyl groups is 1. The van der Waals surface area contributed by atoms with Crippen LogP contribution in [-0.2, 0) is 13.9 Å². The van der Waals surface area contributed by atoms with Crippen molar-refractivity contribution in [2.45, 2.75) is 102 Å². The molecule has 0 radical (unpaired) electrons. The largest absolute Gasteiger partial charge is 0.405 e. The summed E-state index contributed by atoms with van der Waals surface area (Å²) in [5.41, 5.74) is 0.0437. The van der Waals surface area contributed by atoms with Gasteiger partial charge in [-0.2, -0.15) is 0 Å². The van der Waals surface area contributed by atoms with E-state index in [1.54, 1.807) is 0 Å². The molecule has 2 aliphatic rings. The van der Waals surface area contributed by atoms with E-state index < -0.39 is 20.0 Å². The summed E-state index contributed by atoms with van der Waals surface area (Å²) in [6.45, 7) is 17.3. The molecular weight excluding hydrogens is 464 g/mol. The van der Waals surface area contributed by atoms with E-state index in [9.17, 15) is 5.11 Å². The lowest BCUT2D eigenvalue weighted by atomic mass is 9.91. The van der Waals surface area contributed by atoms with E-state index in [1.165, 1.54) is 10.4 Å². The molecule has 0 saturated carbocycles. The smallest absolute Gasteiger partial charge is 0.261 e. The van der Waals surface area contributed by atoms with Crippen LogP contribution in [0, 0.1) is 0 Å². The molecule has 4 rings (SSSR count). The first-order chi connectivity index (χ1) is 16.9. The zero-order valence-electron chi connectivity index (χ0n) is 22.9. The topological polar surface area (TPSA) is 47.9 Å². The van der Waals surface area contributed by atoms with Crippen LogP contribution in [0.3, 0.4) is 0 Å². The molecule has 196 valence electrons. The SMILES string of the molecule is C=C(C)[C@@H]1CC[C@@](C)([C@H]2CC[C@](C)([C@@H](O)CO[Si](c3ccccc3)(c3ccccc3)C(C)(C)C)O2)O1. The van der Waals surface area contributed by atoms with Crippen LogP contribution in [0.2, 0.25) is 5.04 Å². The first kappa shape index (κ1) is 27.3. The van der Waals surface area contributed by atoms with Crippen LogP contribution in [0.25, 0.3) is 0 Å².